The molecule has 0 amide bonds. The monoisotopic (exact) mass is 299 g/mol. The predicted octanol–water partition coefficient (Wildman–Crippen LogP) is 0.737. The number of hydrogen-bond donors (Lipinski definition) is 3. The van der Waals surface area contributed by atoms with Crippen LogP contribution in [-0.4, -0.2) is 44.1 Å². The lowest BCUT2D eigenvalue weighted by atomic mass is 10.1. The Hall–Kier alpha value is -1.31. The van der Waals surface area contributed by atoms with Gasteiger partial charge in [-0.3, -0.25) is 0 Å². The van der Waals surface area contributed by atoms with Crippen molar-refractivity contribution in [1.29, 1.82) is 0 Å². The van der Waals surface area contributed by atoms with E-state index >= 15 is 0 Å². The molecule has 1 unspecified atom stereocenters. The summed E-state index contributed by atoms with van der Waals surface area (Å²) >= 11 is 0. The van der Waals surface area contributed by atoms with Gasteiger partial charge in [-0.05, 0) is 44.1 Å². The molecule has 112 valence electrons. The number of hydrogen-bond acceptors (Lipinski definition) is 5. The zero-order chi connectivity index (χ0) is 14.8. The molecule has 0 saturated carbocycles. The standard InChI is InChI=1S/C13H21N3O3S/c1-2-16-7-3-4-10(9-16)15-20(18,19)11-5-6-13(17)12(14)8-11/h5-6,8,10,15,17H,2-4,7,9,14H2,1H3. The lowest BCUT2D eigenvalue weighted by molar-refractivity contribution is 0.211. The third kappa shape index (κ3) is 3.41. The fraction of sp³-hybridized carbons (Fsp3) is 0.538. The molecule has 1 saturated heterocycles. The predicted molar refractivity (Wildman–Crippen MR) is 78.0 cm³/mol. The zero-order valence-corrected chi connectivity index (χ0v) is 12.4. The van der Waals surface area contributed by atoms with Gasteiger partial charge >= 0.3 is 0 Å². The Morgan fingerprint density at radius 2 is 2.25 bits per heavy atom. The topological polar surface area (TPSA) is 95.7 Å². The minimum absolute atomic E-state index is 0.0618. The number of benzene rings is 1. The maximum Gasteiger partial charge on any atom is 0.240 e. The number of likely N-dealkylation sites (N-methyl/N-ethyl adjacent to an activating group) is 1. The Morgan fingerprint density at radius 1 is 1.50 bits per heavy atom. The summed E-state index contributed by atoms with van der Waals surface area (Å²) in [5.74, 6) is -0.112. The number of aromatic hydroxyl groups is 1. The van der Waals surface area contributed by atoms with Crippen LogP contribution in [0.4, 0.5) is 5.69 Å². The van der Waals surface area contributed by atoms with Crippen molar-refractivity contribution in [2.45, 2.75) is 30.7 Å². The summed E-state index contributed by atoms with van der Waals surface area (Å²) in [5, 5.41) is 9.35. The van der Waals surface area contributed by atoms with Gasteiger partial charge in [-0.15, -0.1) is 0 Å². The first-order valence-corrected chi connectivity index (χ1v) is 8.24. The van der Waals surface area contributed by atoms with Gasteiger partial charge in [0.25, 0.3) is 0 Å². The van der Waals surface area contributed by atoms with E-state index in [-0.39, 0.29) is 22.4 Å². The van der Waals surface area contributed by atoms with Crippen molar-refractivity contribution < 1.29 is 13.5 Å². The van der Waals surface area contributed by atoms with Crippen molar-refractivity contribution in [2.75, 3.05) is 25.4 Å². The minimum Gasteiger partial charge on any atom is -0.506 e. The van der Waals surface area contributed by atoms with Crippen LogP contribution in [0.2, 0.25) is 0 Å². The first-order valence-electron chi connectivity index (χ1n) is 6.75. The molecule has 0 spiro atoms. The fourth-order valence-electron chi connectivity index (χ4n) is 2.43. The summed E-state index contributed by atoms with van der Waals surface area (Å²) < 4.78 is 27.3. The molecule has 0 radical (unpaired) electrons. The second kappa shape index (κ2) is 5.99. The van der Waals surface area contributed by atoms with E-state index in [0.29, 0.717) is 0 Å². The molecule has 1 atom stereocenters. The smallest absolute Gasteiger partial charge is 0.240 e. The summed E-state index contributed by atoms with van der Waals surface area (Å²) in [6, 6.07) is 3.85. The number of rotatable bonds is 4. The van der Waals surface area contributed by atoms with Crippen molar-refractivity contribution in [3.05, 3.63) is 18.2 Å². The van der Waals surface area contributed by atoms with E-state index in [2.05, 4.69) is 16.5 Å². The van der Waals surface area contributed by atoms with Crippen molar-refractivity contribution in [1.82, 2.24) is 9.62 Å². The van der Waals surface area contributed by atoms with Crippen LogP contribution >= 0.6 is 0 Å². The van der Waals surface area contributed by atoms with Crippen LogP contribution in [0.25, 0.3) is 0 Å². The molecule has 0 aromatic heterocycles. The highest BCUT2D eigenvalue weighted by Gasteiger charge is 2.24. The number of phenolic OH excluding ortho intramolecular Hbond substituents is 1. The molecule has 1 aliphatic rings. The summed E-state index contributed by atoms with van der Waals surface area (Å²) in [6.45, 7) is 4.73. The van der Waals surface area contributed by atoms with Crippen LogP contribution in [0, 0.1) is 0 Å². The Labute approximate surface area is 119 Å². The largest absolute Gasteiger partial charge is 0.506 e. The van der Waals surface area contributed by atoms with Gasteiger partial charge in [-0.2, -0.15) is 0 Å². The van der Waals surface area contributed by atoms with E-state index in [4.69, 9.17) is 5.73 Å². The second-order valence-electron chi connectivity index (χ2n) is 5.07. The average Bonchev–Trinajstić information content (AvgIpc) is 2.41. The third-order valence-corrected chi connectivity index (χ3v) is 5.10. The van der Waals surface area contributed by atoms with Crippen molar-refractivity contribution in [3.63, 3.8) is 0 Å². The highest BCUT2D eigenvalue weighted by molar-refractivity contribution is 7.89. The summed E-state index contributed by atoms with van der Waals surface area (Å²) in [6.07, 6.45) is 1.82. The number of sulfonamides is 1. The Morgan fingerprint density at radius 3 is 2.90 bits per heavy atom. The molecule has 1 heterocycles. The Balaban J connectivity index is 2.12. The summed E-state index contributed by atoms with van der Waals surface area (Å²) in [7, 11) is -3.60. The highest BCUT2D eigenvalue weighted by Crippen LogP contribution is 2.23. The first-order chi connectivity index (χ1) is 9.42. The van der Waals surface area contributed by atoms with E-state index in [1.54, 1.807) is 0 Å². The van der Waals surface area contributed by atoms with Crippen molar-refractivity contribution in [3.8, 4) is 5.75 Å². The molecule has 1 aromatic rings. The number of anilines is 1. The number of phenols is 1. The van der Waals surface area contributed by atoms with Crippen molar-refractivity contribution >= 4 is 15.7 Å². The molecule has 0 bridgehead atoms. The van der Waals surface area contributed by atoms with Gasteiger partial charge in [-0.1, -0.05) is 6.92 Å². The Bertz CT molecular complexity index is 574. The SMILES string of the molecule is CCN1CCCC(NS(=O)(=O)c2ccc(O)c(N)c2)C1. The molecule has 1 fully saturated rings. The number of nitrogens with zero attached hydrogens (tertiary/aromatic N) is 1. The summed E-state index contributed by atoms with van der Waals surface area (Å²) in [5.41, 5.74) is 5.61. The van der Waals surface area contributed by atoms with Gasteiger partial charge in [0, 0.05) is 12.6 Å². The molecule has 1 aromatic carbocycles. The minimum atomic E-state index is -3.60. The fourth-order valence-corrected chi connectivity index (χ4v) is 3.72. The van der Waals surface area contributed by atoms with Gasteiger partial charge in [0.15, 0.2) is 0 Å². The summed E-state index contributed by atoms with van der Waals surface area (Å²) in [4.78, 5) is 2.31. The molecular formula is C13H21N3O3S. The number of likely N-dealkylation sites (tertiary alicyclic amines) is 1. The maximum absolute atomic E-state index is 12.3. The normalized spacial score (nSPS) is 20.9. The van der Waals surface area contributed by atoms with Gasteiger partial charge in [0.05, 0.1) is 10.6 Å². The number of nitrogens with one attached hydrogen (secondary N) is 1. The van der Waals surface area contributed by atoms with Crippen molar-refractivity contribution in [2.24, 2.45) is 0 Å². The maximum atomic E-state index is 12.3. The third-order valence-electron chi connectivity index (χ3n) is 3.58. The zero-order valence-electron chi connectivity index (χ0n) is 11.5. The molecule has 6 nitrogen and oxygen atoms in total. The highest BCUT2D eigenvalue weighted by atomic mass is 32.2. The molecule has 0 aliphatic carbocycles. The van der Waals surface area contributed by atoms with Gasteiger partial charge in [0.1, 0.15) is 5.75 Å². The average molecular weight is 299 g/mol. The van der Waals surface area contributed by atoms with Gasteiger partial charge in [0.2, 0.25) is 10.0 Å². The number of nitrogen functional groups attached to an aromatic ring is 1. The van der Waals surface area contributed by atoms with Crippen LogP contribution in [-0.2, 0) is 10.0 Å². The Kier molecular flexibility index (Phi) is 4.52. The molecule has 20 heavy (non-hydrogen) atoms. The van der Waals surface area contributed by atoms with E-state index in [1.165, 1.54) is 18.2 Å². The molecular weight excluding hydrogens is 278 g/mol. The lowest BCUT2D eigenvalue weighted by Crippen LogP contribution is -2.47. The lowest BCUT2D eigenvalue weighted by Gasteiger charge is -2.32. The van der Waals surface area contributed by atoms with Crippen LogP contribution < -0.4 is 10.5 Å². The molecule has 7 heteroatoms. The van der Waals surface area contributed by atoms with Crippen LogP contribution in [0.1, 0.15) is 19.8 Å². The van der Waals surface area contributed by atoms with Crippen LogP contribution in [0.15, 0.2) is 23.1 Å². The first kappa shape index (κ1) is 15.1. The quantitative estimate of drug-likeness (QED) is 0.563. The number of nitrogens with two attached hydrogens (primary N) is 1. The van der Waals surface area contributed by atoms with E-state index in [1.807, 2.05) is 0 Å². The van der Waals surface area contributed by atoms with E-state index < -0.39 is 10.0 Å². The van der Waals surface area contributed by atoms with Crippen LogP contribution in [0.3, 0.4) is 0 Å². The second-order valence-corrected chi connectivity index (χ2v) is 6.79. The van der Waals surface area contributed by atoms with E-state index in [0.717, 1.165) is 32.5 Å². The molecule has 2 rings (SSSR count). The van der Waals surface area contributed by atoms with E-state index in [9.17, 15) is 13.5 Å². The van der Waals surface area contributed by atoms with Gasteiger partial charge in [-0.25, -0.2) is 13.1 Å². The van der Waals surface area contributed by atoms with Crippen LogP contribution in [0.5, 0.6) is 5.75 Å². The van der Waals surface area contributed by atoms with Gasteiger partial charge < -0.3 is 15.7 Å². The molecule has 4 N–H and O–H groups in total. The number of piperidine rings is 1. The molecule has 1 aliphatic heterocycles.